The van der Waals surface area contributed by atoms with Crippen LogP contribution in [0.2, 0.25) is 0 Å². The number of β-amino-alcohol motifs (C(OH)–C–C–N with tert-alkyl or cyclic N) is 1. The van der Waals surface area contributed by atoms with Crippen LogP contribution in [0.25, 0.3) is 0 Å². The summed E-state index contributed by atoms with van der Waals surface area (Å²) in [6.45, 7) is 10.5. The molecule has 120 valence electrons. The molecule has 0 heterocycles. The van der Waals surface area contributed by atoms with Crippen LogP contribution in [0.5, 0.6) is 0 Å². The predicted octanol–water partition coefficient (Wildman–Crippen LogP) is 2.08. The lowest BCUT2D eigenvalue weighted by molar-refractivity contribution is -0.0420. The first-order valence-electron chi connectivity index (χ1n) is 7.89. The normalized spacial score (nSPS) is 26.6. The molecule has 0 saturated heterocycles. The number of aliphatic hydroxyl groups is 2. The monoisotopic (exact) mass is 287 g/mol. The number of rotatable bonds is 7. The number of aliphatic hydroxyl groups excluding tert-OH is 1. The van der Waals surface area contributed by atoms with Crippen molar-refractivity contribution in [3.8, 4) is 0 Å². The second-order valence-corrected chi connectivity index (χ2v) is 7.45. The Morgan fingerprint density at radius 2 is 1.90 bits per heavy atom. The number of hydrogen-bond acceptors (Lipinski definition) is 4. The van der Waals surface area contributed by atoms with E-state index >= 15 is 0 Å². The molecule has 4 nitrogen and oxygen atoms in total. The molecule has 0 amide bonds. The Hall–Kier alpha value is -0.160. The van der Waals surface area contributed by atoms with Gasteiger partial charge < -0.3 is 20.3 Å². The number of hydrogen-bond donors (Lipinski definition) is 3. The highest BCUT2D eigenvalue weighted by molar-refractivity contribution is 4.93. The minimum absolute atomic E-state index is 0.302. The molecule has 1 fully saturated rings. The van der Waals surface area contributed by atoms with Gasteiger partial charge in [0.25, 0.3) is 0 Å². The summed E-state index contributed by atoms with van der Waals surface area (Å²) in [5, 5.41) is 23.3. The van der Waals surface area contributed by atoms with E-state index in [1.54, 1.807) is 13.8 Å². The van der Waals surface area contributed by atoms with Crippen molar-refractivity contribution < 1.29 is 14.9 Å². The molecule has 0 aromatic carbocycles. The Morgan fingerprint density at radius 1 is 1.25 bits per heavy atom. The molecule has 1 aliphatic rings. The Labute approximate surface area is 123 Å². The minimum Gasteiger partial charge on any atom is -0.389 e. The quantitative estimate of drug-likeness (QED) is 0.671. The van der Waals surface area contributed by atoms with Gasteiger partial charge in [0, 0.05) is 12.1 Å². The van der Waals surface area contributed by atoms with Crippen molar-refractivity contribution in [2.45, 2.75) is 83.6 Å². The first kappa shape index (κ1) is 17.9. The van der Waals surface area contributed by atoms with E-state index < -0.39 is 17.2 Å². The smallest absolute Gasteiger partial charge is 0.0898 e. The maximum Gasteiger partial charge on any atom is 0.0898 e. The fourth-order valence-corrected chi connectivity index (χ4v) is 2.43. The molecule has 0 bridgehead atoms. The fourth-order valence-electron chi connectivity index (χ4n) is 2.43. The third-order valence-corrected chi connectivity index (χ3v) is 4.72. The highest BCUT2D eigenvalue weighted by Crippen LogP contribution is 2.25. The van der Waals surface area contributed by atoms with E-state index in [-0.39, 0.29) is 0 Å². The highest BCUT2D eigenvalue weighted by Gasteiger charge is 2.34. The van der Waals surface area contributed by atoms with Gasteiger partial charge in [0.05, 0.1) is 24.4 Å². The molecule has 0 aromatic heterocycles. The zero-order valence-electron chi connectivity index (χ0n) is 13.8. The summed E-state index contributed by atoms with van der Waals surface area (Å²) in [7, 11) is 0. The lowest BCUT2D eigenvalue weighted by Gasteiger charge is -2.39. The number of nitrogens with one attached hydrogen (secondary N) is 1. The van der Waals surface area contributed by atoms with Crippen LogP contribution in [0, 0.1) is 5.92 Å². The van der Waals surface area contributed by atoms with Gasteiger partial charge in [0.1, 0.15) is 0 Å². The van der Waals surface area contributed by atoms with Crippen LogP contribution in [-0.4, -0.2) is 46.7 Å². The second kappa shape index (κ2) is 7.21. The lowest BCUT2D eigenvalue weighted by atomic mass is 9.86. The molecule has 4 heteroatoms. The SMILES string of the molecule is CC1CCCC(OCC(O)CNC(C)(C)C(C)(C)O)C1. The largest absolute Gasteiger partial charge is 0.389 e. The van der Waals surface area contributed by atoms with Gasteiger partial charge in [-0.2, -0.15) is 0 Å². The van der Waals surface area contributed by atoms with E-state index in [0.29, 0.717) is 19.3 Å². The highest BCUT2D eigenvalue weighted by atomic mass is 16.5. The van der Waals surface area contributed by atoms with Crippen molar-refractivity contribution in [3.63, 3.8) is 0 Å². The molecule has 0 aromatic rings. The maximum absolute atomic E-state index is 10.0. The van der Waals surface area contributed by atoms with Crippen LogP contribution >= 0.6 is 0 Å². The molecule has 0 radical (unpaired) electrons. The van der Waals surface area contributed by atoms with Crippen molar-refractivity contribution in [2.24, 2.45) is 5.92 Å². The lowest BCUT2D eigenvalue weighted by Crippen LogP contribution is -2.57. The zero-order valence-corrected chi connectivity index (χ0v) is 13.8. The van der Waals surface area contributed by atoms with Gasteiger partial charge >= 0.3 is 0 Å². The molecule has 3 unspecified atom stereocenters. The van der Waals surface area contributed by atoms with Crippen LogP contribution in [0.1, 0.15) is 60.3 Å². The number of ether oxygens (including phenoxy) is 1. The van der Waals surface area contributed by atoms with Gasteiger partial charge in [0.2, 0.25) is 0 Å². The zero-order chi connectivity index (χ0) is 15.4. The molecule has 0 aliphatic heterocycles. The third-order valence-electron chi connectivity index (χ3n) is 4.72. The van der Waals surface area contributed by atoms with E-state index in [1.807, 2.05) is 13.8 Å². The van der Waals surface area contributed by atoms with Crippen molar-refractivity contribution in [1.29, 1.82) is 0 Å². The Morgan fingerprint density at radius 3 is 2.45 bits per heavy atom. The van der Waals surface area contributed by atoms with Crippen LogP contribution < -0.4 is 5.32 Å². The molecular formula is C16H33NO3. The van der Waals surface area contributed by atoms with Gasteiger partial charge in [-0.3, -0.25) is 0 Å². The van der Waals surface area contributed by atoms with Crippen molar-refractivity contribution in [3.05, 3.63) is 0 Å². The van der Waals surface area contributed by atoms with Crippen molar-refractivity contribution in [1.82, 2.24) is 5.32 Å². The molecular weight excluding hydrogens is 254 g/mol. The van der Waals surface area contributed by atoms with Gasteiger partial charge in [0.15, 0.2) is 0 Å². The summed E-state index contributed by atoms with van der Waals surface area (Å²) in [6, 6.07) is 0. The topological polar surface area (TPSA) is 61.7 Å². The van der Waals surface area contributed by atoms with Crippen LogP contribution in [0.4, 0.5) is 0 Å². The first-order chi connectivity index (χ1) is 9.12. The maximum atomic E-state index is 10.0. The van der Waals surface area contributed by atoms with E-state index in [1.165, 1.54) is 12.8 Å². The Bertz CT molecular complexity index is 286. The molecule has 3 N–H and O–H groups in total. The van der Waals surface area contributed by atoms with E-state index in [9.17, 15) is 10.2 Å². The average molecular weight is 287 g/mol. The minimum atomic E-state index is -0.841. The summed E-state index contributed by atoms with van der Waals surface area (Å²) < 4.78 is 5.81. The van der Waals surface area contributed by atoms with E-state index in [4.69, 9.17) is 4.74 Å². The van der Waals surface area contributed by atoms with E-state index in [0.717, 1.165) is 18.8 Å². The summed E-state index contributed by atoms with van der Waals surface area (Å²) in [6.07, 6.45) is 4.51. The van der Waals surface area contributed by atoms with Gasteiger partial charge in [-0.1, -0.05) is 19.8 Å². The summed E-state index contributed by atoms with van der Waals surface area (Å²) in [5.74, 6) is 0.734. The van der Waals surface area contributed by atoms with E-state index in [2.05, 4.69) is 12.2 Å². The van der Waals surface area contributed by atoms with Crippen LogP contribution in [-0.2, 0) is 4.74 Å². The molecule has 1 saturated carbocycles. The van der Waals surface area contributed by atoms with Gasteiger partial charge in [-0.15, -0.1) is 0 Å². The first-order valence-corrected chi connectivity index (χ1v) is 7.89. The Balaban J connectivity index is 2.25. The standard InChI is InChI=1S/C16H33NO3/c1-12-7-6-8-14(9-12)20-11-13(18)10-17-15(2,3)16(4,5)19/h12-14,17-19H,6-11H2,1-5H3. The second-order valence-electron chi connectivity index (χ2n) is 7.45. The Kier molecular flexibility index (Phi) is 6.45. The fraction of sp³-hybridized carbons (Fsp3) is 1.00. The van der Waals surface area contributed by atoms with Crippen LogP contribution in [0.15, 0.2) is 0 Å². The molecule has 1 rings (SSSR count). The third kappa shape index (κ3) is 5.68. The van der Waals surface area contributed by atoms with Crippen molar-refractivity contribution >= 4 is 0 Å². The van der Waals surface area contributed by atoms with Gasteiger partial charge in [-0.05, 0) is 46.5 Å². The van der Waals surface area contributed by atoms with Crippen molar-refractivity contribution in [2.75, 3.05) is 13.2 Å². The molecule has 20 heavy (non-hydrogen) atoms. The average Bonchev–Trinajstić information content (AvgIpc) is 2.33. The molecule has 0 spiro atoms. The predicted molar refractivity (Wildman–Crippen MR) is 81.8 cm³/mol. The molecule has 1 aliphatic carbocycles. The van der Waals surface area contributed by atoms with Gasteiger partial charge in [-0.25, -0.2) is 0 Å². The van der Waals surface area contributed by atoms with Crippen LogP contribution in [0.3, 0.4) is 0 Å². The molecule has 3 atom stereocenters. The summed E-state index contributed by atoms with van der Waals surface area (Å²) >= 11 is 0. The summed E-state index contributed by atoms with van der Waals surface area (Å²) in [4.78, 5) is 0. The summed E-state index contributed by atoms with van der Waals surface area (Å²) in [5.41, 5.74) is -1.29.